The van der Waals surface area contributed by atoms with Crippen LogP contribution >= 0.6 is 0 Å². The van der Waals surface area contributed by atoms with E-state index in [0.29, 0.717) is 24.0 Å². The number of nitrogens with two attached hydrogens (primary N) is 1. The van der Waals surface area contributed by atoms with Gasteiger partial charge in [0, 0.05) is 19.2 Å². The average molecular weight is 294 g/mol. The van der Waals surface area contributed by atoms with E-state index in [9.17, 15) is 8.42 Å². The highest BCUT2D eigenvalue weighted by Crippen LogP contribution is 2.22. The molecule has 0 unspecified atom stereocenters. The van der Waals surface area contributed by atoms with E-state index in [1.54, 1.807) is 0 Å². The van der Waals surface area contributed by atoms with Crippen molar-refractivity contribution in [3.63, 3.8) is 0 Å². The Bertz CT molecular complexity index is 709. The van der Waals surface area contributed by atoms with Crippen LogP contribution in [-0.2, 0) is 22.8 Å². The third-order valence-corrected chi connectivity index (χ3v) is 5.64. The minimum absolute atomic E-state index is 0.297. The maximum atomic E-state index is 11.4. The lowest BCUT2D eigenvalue weighted by Gasteiger charge is -2.20. The van der Waals surface area contributed by atoms with Crippen molar-refractivity contribution >= 4 is 15.5 Å². The molecule has 0 radical (unpaired) electrons. The van der Waals surface area contributed by atoms with Gasteiger partial charge in [0.1, 0.15) is 15.7 Å². The Morgan fingerprint density at radius 1 is 1.30 bits per heavy atom. The molecule has 7 heteroatoms. The van der Waals surface area contributed by atoms with Crippen LogP contribution in [0.2, 0.25) is 0 Å². The van der Waals surface area contributed by atoms with Crippen LogP contribution in [0.25, 0.3) is 5.65 Å². The number of pyridine rings is 1. The molecule has 1 saturated heterocycles. The minimum Gasteiger partial charge on any atom is -0.326 e. The van der Waals surface area contributed by atoms with E-state index in [1.807, 2.05) is 22.7 Å². The van der Waals surface area contributed by atoms with E-state index in [4.69, 9.17) is 5.73 Å². The van der Waals surface area contributed by atoms with Gasteiger partial charge >= 0.3 is 0 Å². The van der Waals surface area contributed by atoms with Crippen LogP contribution in [0.1, 0.15) is 24.2 Å². The lowest BCUT2D eigenvalue weighted by Crippen LogP contribution is -2.25. The number of nitrogens with zero attached hydrogens (tertiary/aromatic N) is 3. The monoisotopic (exact) mass is 294 g/mol. The molecule has 3 rings (SSSR count). The van der Waals surface area contributed by atoms with E-state index in [2.05, 4.69) is 10.2 Å². The first-order valence-electron chi connectivity index (χ1n) is 6.80. The predicted molar refractivity (Wildman–Crippen MR) is 76.0 cm³/mol. The normalized spacial score (nSPS) is 19.4. The van der Waals surface area contributed by atoms with Crippen molar-refractivity contribution in [3.8, 4) is 0 Å². The second kappa shape index (κ2) is 5.14. The molecule has 2 N–H and O–H groups in total. The number of hydrogen-bond acceptors (Lipinski definition) is 5. The first-order valence-corrected chi connectivity index (χ1v) is 8.62. The molecule has 1 fully saturated rings. The Kier molecular flexibility index (Phi) is 3.47. The second-order valence-electron chi connectivity index (χ2n) is 5.38. The zero-order valence-electron chi connectivity index (χ0n) is 11.2. The quantitative estimate of drug-likeness (QED) is 0.893. The van der Waals surface area contributed by atoms with Crippen molar-refractivity contribution in [2.45, 2.75) is 25.8 Å². The van der Waals surface area contributed by atoms with Crippen LogP contribution in [0, 0.1) is 5.92 Å². The molecule has 0 spiro atoms. The zero-order chi connectivity index (χ0) is 14.2. The summed E-state index contributed by atoms with van der Waals surface area (Å²) >= 11 is 0. The van der Waals surface area contributed by atoms with Gasteiger partial charge in [0.15, 0.2) is 5.65 Å². The van der Waals surface area contributed by atoms with Gasteiger partial charge in [-0.3, -0.25) is 4.40 Å². The van der Waals surface area contributed by atoms with Gasteiger partial charge < -0.3 is 5.73 Å². The van der Waals surface area contributed by atoms with Crippen molar-refractivity contribution in [2.24, 2.45) is 11.7 Å². The van der Waals surface area contributed by atoms with Crippen LogP contribution in [0.5, 0.6) is 0 Å². The molecule has 0 atom stereocenters. The summed E-state index contributed by atoms with van der Waals surface area (Å²) in [5, 5.41) is 8.38. The Hall–Kier alpha value is -1.47. The molecular formula is C13H18N4O2S. The highest BCUT2D eigenvalue weighted by atomic mass is 32.2. The third-order valence-electron chi connectivity index (χ3n) is 3.93. The van der Waals surface area contributed by atoms with Crippen molar-refractivity contribution in [2.75, 3.05) is 11.5 Å². The lowest BCUT2D eigenvalue weighted by molar-refractivity contribution is 0.452. The fourth-order valence-electron chi connectivity index (χ4n) is 2.65. The first-order chi connectivity index (χ1) is 9.57. The number of sulfone groups is 1. The van der Waals surface area contributed by atoms with Crippen molar-refractivity contribution in [3.05, 3.63) is 29.7 Å². The van der Waals surface area contributed by atoms with Crippen LogP contribution in [-0.4, -0.2) is 34.5 Å². The van der Waals surface area contributed by atoms with E-state index in [1.165, 1.54) is 0 Å². The fourth-order valence-corrected chi connectivity index (χ4v) is 4.24. The van der Waals surface area contributed by atoms with Gasteiger partial charge in [-0.25, -0.2) is 8.42 Å². The summed E-state index contributed by atoms with van der Waals surface area (Å²) in [7, 11) is -2.80. The van der Waals surface area contributed by atoms with Gasteiger partial charge in [0.05, 0.1) is 11.5 Å². The first kappa shape index (κ1) is 13.5. The van der Waals surface area contributed by atoms with E-state index in [-0.39, 0.29) is 0 Å². The molecule has 1 aliphatic heterocycles. The van der Waals surface area contributed by atoms with Gasteiger partial charge in [0.25, 0.3) is 0 Å². The predicted octanol–water partition coefficient (Wildman–Crippen LogP) is 0.555. The maximum Gasteiger partial charge on any atom is 0.161 e. The van der Waals surface area contributed by atoms with E-state index in [0.717, 1.165) is 36.3 Å². The summed E-state index contributed by atoms with van der Waals surface area (Å²) in [5.41, 5.74) is 7.43. The van der Waals surface area contributed by atoms with E-state index >= 15 is 0 Å². The highest BCUT2D eigenvalue weighted by Gasteiger charge is 2.24. The van der Waals surface area contributed by atoms with Crippen LogP contribution in [0.3, 0.4) is 0 Å². The number of fused-ring (bicyclic) bond motifs is 1. The molecule has 2 aromatic heterocycles. The molecule has 0 amide bonds. The van der Waals surface area contributed by atoms with Crippen LogP contribution in [0.4, 0.5) is 0 Å². The summed E-state index contributed by atoms with van der Waals surface area (Å²) in [4.78, 5) is 0. The van der Waals surface area contributed by atoms with Gasteiger partial charge in [-0.05, 0) is 36.5 Å². The Morgan fingerprint density at radius 2 is 2.05 bits per heavy atom. The average Bonchev–Trinajstić information content (AvgIpc) is 2.83. The molecule has 6 nitrogen and oxygen atoms in total. The van der Waals surface area contributed by atoms with E-state index < -0.39 is 9.84 Å². The summed E-state index contributed by atoms with van der Waals surface area (Å²) < 4.78 is 24.8. The number of hydrogen-bond donors (Lipinski definition) is 1. The number of rotatable bonds is 3. The van der Waals surface area contributed by atoms with Gasteiger partial charge in [-0.2, -0.15) is 0 Å². The standard InChI is InChI=1S/C13H18N4O2S/c14-9-11-1-4-17-12(15-16-13(17)8-11)7-10-2-5-20(18,19)6-3-10/h1,4,8,10H,2-3,5-7,9,14H2. The molecular weight excluding hydrogens is 276 g/mol. The minimum atomic E-state index is -2.80. The maximum absolute atomic E-state index is 11.4. The smallest absolute Gasteiger partial charge is 0.161 e. The Balaban J connectivity index is 1.78. The van der Waals surface area contributed by atoms with Gasteiger partial charge in [-0.1, -0.05) is 0 Å². The summed E-state index contributed by atoms with van der Waals surface area (Å²) in [5.74, 6) is 1.87. The zero-order valence-corrected chi connectivity index (χ0v) is 12.0. The highest BCUT2D eigenvalue weighted by molar-refractivity contribution is 7.91. The lowest BCUT2D eigenvalue weighted by atomic mass is 9.98. The molecule has 3 heterocycles. The number of aromatic nitrogens is 3. The molecule has 0 saturated carbocycles. The van der Waals surface area contributed by atoms with Crippen LogP contribution in [0.15, 0.2) is 18.3 Å². The SMILES string of the molecule is NCc1ccn2c(CC3CCS(=O)(=O)CC3)nnc2c1. The molecule has 0 aliphatic carbocycles. The largest absolute Gasteiger partial charge is 0.326 e. The topological polar surface area (TPSA) is 90.3 Å². The van der Waals surface area contributed by atoms with Gasteiger partial charge in [0.2, 0.25) is 0 Å². The molecule has 0 aromatic carbocycles. The summed E-state index contributed by atoms with van der Waals surface area (Å²) in [6.07, 6.45) is 4.15. The Morgan fingerprint density at radius 3 is 2.75 bits per heavy atom. The molecule has 1 aliphatic rings. The fraction of sp³-hybridized carbons (Fsp3) is 0.538. The van der Waals surface area contributed by atoms with Gasteiger partial charge in [-0.15, -0.1) is 10.2 Å². The van der Waals surface area contributed by atoms with Crippen molar-refractivity contribution < 1.29 is 8.42 Å². The Labute approximate surface area is 117 Å². The molecule has 108 valence electrons. The molecule has 0 bridgehead atoms. The second-order valence-corrected chi connectivity index (χ2v) is 7.69. The van der Waals surface area contributed by atoms with Crippen molar-refractivity contribution in [1.82, 2.24) is 14.6 Å². The van der Waals surface area contributed by atoms with Crippen molar-refractivity contribution in [1.29, 1.82) is 0 Å². The summed E-state index contributed by atoms with van der Waals surface area (Å²) in [6, 6.07) is 3.90. The summed E-state index contributed by atoms with van der Waals surface area (Å²) in [6.45, 7) is 0.485. The third kappa shape index (κ3) is 2.69. The molecule has 20 heavy (non-hydrogen) atoms. The van der Waals surface area contributed by atoms with Crippen LogP contribution < -0.4 is 5.73 Å². The molecule has 2 aromatic rings.